The van der Waals surface area contributed by atoms with Gasteiger partial charge in [0.25, 0.3) is 0 Å². The van der Waals surface area contributed by atoms with Gasteiger partial charge in [0.05, 0.1) is 19.1 Å². The van der Waals surface area contributed by atoms with Crippen LogP contribution in [0.25, 0.3) is 0 Å². The van der Waals surface area contributed by atoms with Gasteiger partial charge in [0.15, 0.2) is 0 Å². The number of likely N-dealkylation sites (tertiary alicyclic amines) is 1. The Hall–Kier alpha value is -0.820. The molecule has 7 heteroatoms. The predicted molar refractivity (Wildman–Crippen MR) is 62.7 cm³/mol. The number of piperidine rings is 1. The van der Waals surface area contributed by atoms with Crippen LogP contribution in [0.3, 0.4) is 0 Å². The Morgan fingerprint density at radius 1 is 1.42 bits per heavy atom. The van der Waals surface area contributed by atoms with Gasteiger partial charge >= 0.3 is 12.1 Å². The van der Waals surface area contributed by atoms with Crippen LogP contribution in [0.15, 0.2) is 0 Å². The Labute approximate surface area is 110 Å². The maximum atomic E-state index is 11.9. The molecule has 0 radical (unpaired) electrons. The number of ether oxygens (including phenoxy) is 2. The molecule has 1 fully saturated rings. The number of carbonyl (C=O) groups is 1. The zero-order valence-electron chi connectivity index (χ0n) is 11.0. The van der Waals surface area contributed by atoms with E-state index in [4.69, 9.17) is 4.74 Å². The molecule has 0 bridgehead atoms. The number of hydrogen-bond acceptors (Lipinski definition) is 4. The molecular weight excluding hydrogens is 263 g/mol. The van der Waals surface area contributed by atoms with Gasteiger partial charge in [-0.1, -0.05) is 0 Å². The van der Waals surface area contributed by atoms with Gasteiger partial charge in [-0.15, -0.1) is 0 Å². The van der Waals surface area contributed by atoms with Gasteiger partial charge < -0.3 is 14.4 Å². The summed E-state index contributed by atoms with van der Waals surface area (Å²) < 4.78 is 45.1. The van der Waals surface area contributed by atoms with E-state index in [1.807, 2.05) is 4.90 Å². The SMILES string of the molecule is CCOC(=O)[C@@H]1CCCN(CCOCC(F)(F)F)C1. The highest BCUT2D eigenvalue weighted by molar-refractivity contribution is 5.72. The Morgan fingerprint density at radius 2 is 2.16 bits per heavy atom. The molecule has 1 heterocycles. The van der Waals surface area contributed by atoms with E-state index in [0.717, 1.165) is 19.4 Å². The average Bonchev–Trinajstić information content (AvgIpc) is 2.34. The van der Waals surface area contributed by atoms with Crippen molar-refractivity contribution < 1.29 is 27.4 Å². The van der Waals surface area contributed by atoms with Gasteiger partial charge in [0.1, 0.15) is 6.61 Å². The second kappa shape index (κ2) is 7.69. The summed E-state index contributed by atoms with van der Waals surface area (Å²) in [5.41, 5.74) is 0. The van der Waals surface area contributed by atoms with Crippen LogP contribution in [0.4, 0.5) is 13.2 Å². The first-order valence-corrected chi connectivity index (χ1v) is 6.46. The first-order valence-electron chi connectivity index (χ1n) is 6.46. The summed E-state index contributed by atoms with van der Waals surface area (Å²) in [5.74, 6) is -0.389. The Morgan fingerprint density at radius 3 is 2.79 bits per heavy atom. The zero-order chi connectivity index (χ0) is 14.3. The van der Waals surface area contributed by atoms with Crippen LogP contribution in [0.1, 0.15) is 19.8 Å². The van der Waals surface area contributed by atoms with Crippen molar-refractivity contribution in [3.05, 3.63) is 0 Å². The standard InChI is InChI=1S/C12H20F3NO3/c1-2-19-11(17)10-4-3-5-16(8-10)6-7-18-9-12(13,14)15/h10H,2-9H2,1H3/t10-/m1/s1. The van der Waals surface area contributed by atoms with Crippen LogP contribution in [-0.4, -0.2) is 56.5 Å². The normalized spacial score (nSPS) is 21.4. The molecule has 4 nitrogen and oxygen atoms in total. The van der Waals surface area contributed by atoms with Gasteiger partial charge in [-0.3, -0.25) is 4.79 Å². The van der Waals surface area contributed by atoms with Crippen molar-refractivity contribution in [1.29, 1.82) is 0 Å². The first kappa shape index (κ1) is 16.2. The van der Waals surface area contributed by atoms with Crippen molar-refractivity contribution in [2.75, 3.05) is 39.5 Å². The highest BCUT2D eigenvalue weighted by Crippen LogP contribution is 2.18. The van der Waals surface area contributed by atoms with E-state index in [0.29, 0.717) is 19.7 Å². The summed E-state index contributed by atoms with van der Waals surface area (Å²) in [5, 5.41) is 0. The van der Waals surface area contributed by atoms with Crippen LogP contribution in [0.2, 0.25) is 0 Å². The van der Waals surface area contributed by atoms with Gasteiger partial charge in [-0.2, -0.15) is 13.2 Å². The fourth-order valence-electron chi connectivity index (χ4n) is 2.09. The third-order valence-corrected chi connectivity index (χ3v) is 2.94. The number of alkyl halides is 3. The molecule has 0 saturated carbocycles. The highest BCUT2D eigenvalue weighted by Gasteiger charge is 2.28. The topological polar surface area (TPSA) is 38.8 Å². The summed E-state index contributed by atoms with van der Waals surface area (Å²) >= 11 is 0. The van der Waals surface area contributed by atoms with Crippen LogP contribution in [0.5, 0.6) is 0 Å². The molecule has 1 atom stereocenters. The molecule has 0 amide bonds. The lowest BCUT2D eigenvalue weighted by Crippen LogP contribution is -2.41. The van der Waals surface area contributed by atoms with Gasteiger partial charge in [-0.05, 0) is 26.3 Å². The van der Waals surface area contributed by atoms with E-state index in [1.165, 1.54) is 0 Å². The minimum Gasteiger partial charge on any atom is -0.466 e. The summed E-state index contributed by atoms with van der Waals surface area (Å²) in [7, 11) is 0. The molecule has 1 aliphatic heterocycles. The molecule has 1 rings (SSSR count). The maximum Gasteiger partial charge on any atom is 0.411 e. The van der Waals surface area contributed by atoms with Crippen molar-refractivity contribution in [3.63, 3.8) is 0 Å². The molecule has 0 N–H and O–H groups in total. The average molecular weight is 283 g/mol. The van der Waals surface area contributed by atoms with Gasteiger partial charge in [-0.25, -0.2) is 0 Å². The third kappa shape index (κ3) is 6.77. The molecule has 19 heavy (non-hydrogen) atoms. The lowest BCUT2D eigenvalue weighted by Gasteiger charge is -2.31. The van der Waals surface area contributed by atoms with Crippen LogP contribution >= 0.6 is 0 Å². The number of nitrogens with zero attached hydrogens (tertiary/aromatic N) is 1. The van der Waals surface area contributed by atoms with Crippen LogP contribution in [0, 0.1) is 5.92 Å². The number of rotatable bonds is 6. The van der Waals surface area contributed by atoms with Crippen molar-refractivity contribution in [1.82, 2.24) is 4.90 Å². The minimum absolute atomic E-state index is 0.0229. The largest absolute Gasteiger partial charge is 0.466 e. The summed E-state index contributed by atoms with van der Waals surface area (Å²) in [6, 6.07) is 0. The molecule has 0 unspecified atom stereocenters. The molecule has 112 valence electrons. The van der Waals surface area contributed by atoms with Crippen molar-refractivity contribution >= 4 is 5.97 Å². The van der Waals surface area contributed by atoms with Crippen LogP contribution in [-0.2, 0) is 14.3 Å². The van der Waals surface area contributed by atoms with E-state index < -0.39 is 12.8 Å². The first-order chi connectivity index (χ1) is 8.92. The third-order valence-electron chi connectivity index (χ3n) is 2.94. The monoisotopic (exact) mass is 283 g/mol. The van der Waals surface area contributed by atoms with E-state index in [2.05, 4.69) is 4.74 Å². The second-order valence-electron chi connectivity index (χ2n) is 4.56. The molecule has 0 aromatic carbocycles. The van der Waals surface area contributed by atoms with Crippen molar-refractivity contribution in [2.45, 2.75) is 25.9 Å². The number of carbonyl (C=O) groups excluding carboxylic acids is 1. The molecule has 1 aliphatic rings. The number of halogens is 3. The quantitative estimate of drug-likeness (QED) is 0.551. The Kier molecular flexibility index (Phi) is 6.57. The fourth-order valence-corrected chi connectivity index (χ4v) is 2.09. The molecule has 0 aromatic heterocycles. The van der Waals surface area contributed by atoms with Crippen LogP contribution < -0.4 is 0 Å². The van der Waals surface area contributed by atoms with E-state index in [-0.39, 0.29) is 18.5 Å². The van der Waals surface area contributed by atoms with Crippen molar-refractivity contribution in [3.8, 4) is 0 Å². The number of esters is 1. The smallest absolute Gasteiger partial charge is 0.411 e. The minimum atomic E-state index is -4.28. The molecule has 0 aliphatic carbocycles. The fraction of sp³-hybridized carbons (Fsp3) is 0.917. The lowest BCUT2D eigenvalue weighted by molar-refractivity contribution is -0.174. The van der Waals surface area contributed by atoms with E-state index in [1.54, 1.807) is 6.92 Å². The predicted octanol–water partition coefficient (Wildman–Crippen LogP) is 1.84. The van der Waals surface area contributed by atoms with Crippen molar-refractivity contribution in [2.24, 2.45) is 5.92 Å². The lowest BCUT2D eigenvalue weighted by atomic mass is 9.98. The Bertz CT molecular complexity index is 284. The summed E-state index contributed by atoms with van der Waals surface area (Å²) in [6.45, 7) is 2.64. The molecule has 1 saturated heterocycles. The molecule has 0 aromatic rings. The zero-order valence-corrected chi connectivity index (χ0v) is 11.0. The maximum absolute atomic E-state index is 11.9. The summed E-state index contributed by atoms with van der Waals surface area (Å²) in [6.07, 6.45) is -2.66. The van der Waals surface area contributed by atoms with Gasteiger partial charge in [0, 0.05) is 13.1 Å². The molecular formula is C12H20F3NO3. The summed E-state index contributed by atoms with van der Waals surface area (Å²) in [4.78, 5) is 13.5. The van der Waals surface area contributed by atoms with E-state index >= 15 is 0 Å². The molecule has 0 spiro atoms. The van der Waals surface area contributed by atoms with E-state index in [9.17, 15) is 18.0 Å². The second-order valence-corrected chi connectivity index (χ2v) is 4.56. The highest BCUT2D eigenvalue weighted by atomic mass is 19.4. The Balaban J connectivity index is 2.22. The number of hydrogen-bond donors (Lipinski definition) is 0. The van der Waals surface area contributed by atoms with Gasteiger partial charge in [0.2, 0.25) is 0 Å².